The minimum Gasteiger partial charge on any atom is -0.399 e. The normalized spacial score (nSPS) is 15.4. The van der Waals surface area contributed by atoms with E-state index in [0.717, 1.165) is 41.3 Å². The zero-order chi connectivity index (χ0) is 26.7. The molecule has 1 aliphatic rings. The standard InChI is InChI=1S/C36H42N2/c1-4-27-17-19-36(20-18-27,32-11-5-28(6-12-32)23-30-9-15-34(37)25(2)21-30)33-13-7-29(8-14-33)24-31-10-16-35(38)26(3)22-31/h5-16,21-22,27H,4,17-20,23-24,37-38H2,1-3H3. The summed E-state index contributed by atoms with van der Waals surface area (Å²) in [6.07, 6.45) is 8.20. The average molecular weight is 503 g/mol. The quantitative estimate of drug-likeness (QED) is 0.249. The van der Waals surface area contributed by atoms with Crippen molar-refractivity contribution in [1.82, 2.24) is 0 Å². The Bertz CT molecular complexity index is 1280. The highest BCUT2D eigenvalue weighted by Gasteiger charge is 2.38. The van der Waals surface area contributed by atoms with Gasteiger partial charge in [-0.25, -0.2) is 0 Å². The molecule has 0 amide bonds. The van der Waals surface area contributed by atoms with E-state index in [9.17, 15) is 0 Å². The van der Waals surface area contributed by atoms with Crippen LogP contribution >= 0.6 is 0 Å². The van der Waals surface area contributed by atoms with Crippen molar-refractivity contribution >= 4 is 11.4 Å². The Morgan fingerprint density at radius 2 is 1.00 bits per heavy atom. The number of hydrogen-bond acceptors (Lipinski definition) is 2. The Hall–Kier alpha value is -3.52. The van der Waals surface area contributed by atoms with E-state index in [2.05, 4.69) is 93.6 Å². The first-order chi connectivity index (χ1) is 18.4. The van der Waals surface area contributed by atoms with E-state index in [0.29, 0.717) is 0 Å². The van der Waals surface area contributed by atoms with Crippen molar-refractivity contribution in [3.8, 4) is 0 Å². The van der Waals surface area contributed by atoms with Crippen molar-refractivity contribution in [2.24, 2.45) is 5.92 Å². The van der Waals surface area contributed by atoms with Crippen LogP contribution in [-0.4, -0.2) is 0 Å². The van der Waals surface area contributed by atoms with E-state index in [1.165, 1.54) is 65.5 Å². The van der Waals surface area contributed by atoms with Gasteiger partial charge in [0.25, 0.3) is 0 Å². The van der Waals surface area contributed by atoms with Crippen molar-refractivity contribution in [2.45, 2.75) is 71.1 Å². The highest BCUT2D eigenvalue weighted by molar-refractivity contribution is 5.50. The number of nitrogen functional groups attached to an aromatic ring is 2. The summed E-state index contributed by atoms with van der Waals surface area (Å²) in [5.41, 5.74) is 24.4. The molecule has 0 aromatic heterocycles. The minimum atomic E-state index is 0.0955. The van der Waals surface area contributed by atoms with E-state index >= 15 is 0 Å². The zero-order valence-corrected chi connectivity index (χ0v) is 23.3. The van der Waals surface area contributed by atoms with Crippen molar-refractivity contribution in [3.05, 3.63) is 129 Å². The molecule has 0 aliphatic heterocycles. The van der Waals surface area contributed by atoms with Crippen LogP contribution in [0, 0.1) is 19.8 Å². The van der Waals surface area contributed by atoms with Crippen LogP contribution in [0.15, 0.2) is 84.9 Å². The second-order valence-electron chi connectivity index (χ2n) is 11.6. The predicted octanol–water partition coefficient (Wildman–Crippen LogP) is 8.54. The van der Waals surface area contributed by atoms with Crippen LogP contribution < -0.4 is 11.5 Å². The van der Waals surface area contributed by atoms with Crippen molar-refractivity contribution in [2.75, 3.05) is 11.5 Å². The lowest BCUT2D eigenvalue weighted by molar-refractivity contribution is 0.260. The monoisotopic (exact) mass is 502 g/mol. The lowest BCUT2D eigenvalue weighted by Gasteiger charge is -2.41. The minimum absolute atomic E-state index is 0.0955. The molecule has 4 aromatic carbocycles. The Morgan fingerprint density at radius 1 is 0.605 bits per heavy atom. The Balaban J connectivity index is 1.40. The first kappa shape index (κ1) is 26.1. The summed E-state index contributed by atoms with van der Waals surface area (Å²) < 4.78 is 0. The third-order valence-corrected chi connectivity index (χ3v) is 9.03. The number of benzene rings is 4. The number of anilines is 2. The largest absolute Gasteiger partial charge is 0.399 e. The van der Waals surface area contributed by atoms with Gasteiger partial charge in [-0.05, 0) is 115 Å². The van der Waals surface area contributed by atoms with Crippen LogP contribution in [0.4, 0.5) is 11.4 Å². The molecule has 2 nitrogen and oxygen atoms in total. The smallest absolute Gasteiger partial charge is 0.0343 e. The van der Waals surface area contributed by atoms with Crippen LogP contribution in [0.3, 0.4) is 0 Å². The summed E-state index contributed by atoms with van der Waals surface area (Å²) in [6, 6.07) is 31.7. The molecule has 0 spiro atoms. The molecule has 1 aliphatic carbocycles. The van der Waals surface area contributed by atoms with Gasteiger partial charge in [0.15, 0.2) is 0 Å². The molecule has 196 valence electrons. The summed E-state index contributed by atoms with van der Waals surface area (Å²) in [4.78, 5) is 0. The Kier molecular flexibility index (Phi) is 7.61. The number of aryl methyl sites for hydroxylation is 2. The molecule has 1 saturated carbocycles. The van der Waals surface area contributed by atoms with Gasteiger partial charge in [0.1, 0.15) is 0 Å². The first-order valence-electron chi connectivity index (χ1n) is 14.2. The van der Waals surface area contributed by atoms with Gasteiger partial charge in [0.2, 0.25) is 0 Å². The zero-order valence-electron chi connectivity index (χ0n) is 23.3. The van der Waals surface area contributed by atoms with Crippen LogP contribution in [-0.2, 0) is 18.3 Å². The van der Waals surface area contributed by atoms with E-state index in [1.807, 2.05) is 12.1 Å². The van der Waals surface area contributed by atoms with Crippen molar-refractivity contribution in [1.29, 1.82) is 0 Å². The maximum atomic E-state index is 6.03. The third-order valence-electron chi connectivity index (χ3n) is 9.03. The van der Waals surface area contributed by atoms with Gasteiger partial charge in [-0.2, -0.15) is 0 Å². The summed E-state index contributed by atoms with van der Waals surface area (Å²) in [6.45, 7) is 6.51. The van der Waals surface area contributed by atoms with E-state index < -0.39 is 0 Å². The Morgan fingerprint density at radius 3 is 1.37 bits per heavy atom. The molecule has 1 fully saturated rings. The molecule has 38 heavy (non-hydrogen) atoms. The second kappa shape index (κ2) is 11.1. The molecule has 4 aromatic rings. The summed E-state index contributed by atoms with van der Waals surface area (Å²) in [7, 11) is 0. The van der Waals surface area contributed by atoms with Crippen LogP contribution in [0.25, 0.3) is 0 Å². The molecule has 0 unspecified atom stereocenters. The highest BCUT2D eigenvalue weighted by atomic mass is 14.6. The SMILES string of the molecule is CCC1CCC(c2ccc(Cc3ccc(N)c(C)c3)cc2)(c2ccc(Cc3ccc(N)c(C)c3)cc2)CC1. The summed E-state index contributed by atoms with van der Waals surface area (Å²) >= 11 is 0. The van der Waals surface area contributed by atoms with Crippen molar-refractivity contribution in [3.63, 3.8) is 0 Å². The van der Waals surface area contributed by atoms with Gasteiger partial charge in [0.05, 0.1) is 0 Å². The first-order valence-corrected chi connectivity index (χ1v) is 14.2. The van der Waals surface area contributed by atoms with Gasteiger partial charge in [-0.3, -0.25) is 0 Å². The molecule has 4 N–H and O–H groups in total. The molecule has 0 heterocycles. The van der Waals surface area contributed by atoms with Gasteiger partial charge in [-0.1, -0.05) is 86.1 Å². The lowest BCUT2D eigenvalue weighted by atomic mass is 9.62. The van der Waals surface area contributed by atoms with Gasteiger partial charge in [-0.15, -0.1) is 0 Å². The summed E-state index contributed by atoms with van der Waals surface area (Å²) in [5.74, 6) is 0.851. The van der Waals surface area contributed by atoms with Crippen molar-refractivity contribution < 1.29 is 0 Å². The molecule has 0 saturated heterocycles. The maximum absolute atomic E-state index is 6.03. The molecule has 5 rings (SSSR count). The predicted molar refractivity (Wildman–Crippen MR) is 163 cm³/mol. The lowest BCUT2D eigenvalue weighted by Crippen LogP contribution is -2.33. The fourth-order valence-corrected chi connectivity index (χ4v) is 6.37. The van der Waals surface area contributed by atoms with Crippen LogP contribution in [0.1, 0.15) is 83.5 Å². The third kappa shape index (κ3) is 5.50. The fourth-order valence-electron chi connectivity index (χ4n) is 6.37. The van der Waals surface area contributed by atoms with E-state index in [-0.39, 0.29) is 5.41 Å². The molecular weight excluding hydrogens is 460 g/mol. The number of nitrogens with two attached hydrogens (primary N) is 2. The topological polar surface area (TPSA) is 52.0 Å². The average Bonchev–Trinajstić information content (AvgIpc) is 2.94. The van der Waals surface area contributed by atoms with Gasteiger partial charge < -0.3 is 11.5 Å². The Labute approximate surface area is 229 Å². The molecule has 0 atom stereocenters. The van der Waals surface area contributed by atoms with E-state index in [4.69, 9.17) is 11.5 Å². The summed E-state index contributed by atoms with van der Waals surface area (Å²) in [5, 5.41) is 0. The van der Waals surface area contributed by atoms with Gasteiger partial charge >= 0.3 is 0 Å². The van der Waals surface area contributed by atoms with E-state index in [1.54, 1.807) is 0 Å². The van der Waals surface area contributed by atoms with Gasteiger partial charge in [0, 0.05) is 16.8 Å². The van der Waals surface area contributed by atoms with Crippen LogP contribution in [0.5, 0.6) is 0 Å². The molecular formula is C36H42N2. The molecule has 0 radical (unpaired) electrons. The maximum Gasteiger partial charge on any atom is 0.0343 e. The number of rotatable bonds is 7. The van der Waals surface area contributed by atoms with Crippen LogP contribution in [0.2, 0.25) is 0 Å². The fraction of sp³-hybridized carbons (Fsp3) is 0.333. The molecule has 2 heteroatoms. The molecule has 0 bridgehead atoms. The highest BCUT2D eigenvalue weighted by Crippen LogP contribution is 2.47. The second-order valence-corrected chi connectivity index (χ2v) is 11.6. The number of hydrogen-bond donors (Lipinski definition) is 2.